The number of nitrogens with one attached hydrogen (secondary N) is 1. The van der Waals surface area contributed by atoms with E-state index in [9.17, 15) is 0 Å². The summed E-state index contributed by atoms with van der Waals surface area (Å²) >= 11 is 3.52. The monoisotopic (exact) mass is 349 g/mol. The lowest BCUT2D eigenvalue weighted by Gasteiger charge is -2.10. The third-order valence-corrected chi connectivity index (χ3v) is 4.02. The highest BCUT2D eigenvalue weighted by atomic mass is 79.9. The molecule has 0 aliphatic heterocycles. The Morgan fingerprint density at radius 3 is 2.48 bits per heavy atom. The normalized spacial score (nSPS) is 10.4. The summed E-state index contributed by atoms with van der Waals surface area (Å²) in [6.07, 6.45) is 0. The van der Waals surface area contributed by atoms with Gasteiger partial charge in [0.25, 0.3) is 0 Å². The van der Waals surface area contributed by atoms with Crippen molar-refractivity contribution in [3.8, 4) is 5.75 Å². The Morgan fingerprint density at radius 2 is 1.81 bits per heavy atom. The highest BCUT2D eigenvalue weighted by Gasteiger charge is 1.99. The smallest absolute Gasteiger partial charge is 0.119 e. The average molecular weight is 350 g/mol. The fraction of sp³-hybridized carbons (Fsp3) is 0.294. The summed E-state index contributed by atoms with van der Waals surface area (Å²) in [4.78, 5) is 0. The molecule has 21 heavy (non-hydrogen) atoms. The van der Waals surface area contributed by atoms with E-state index in [4.69, 9.17) is 9.47 Å². The van der Waals surface area contributed by atoms with Crippen molar-refractivity contribution < 1.29 is 9.47 Å². The molecule has 0 amide bonds. The van der Waals surface area contributed by atoms with Gasteiger partial charge in [-0.15, -0.1) is 0 Å². The molecule has 2 rings (SSSR count). The SMILES string of the molecule is COCCOc1ccc(NCc2ccc(Br)c(C)c2)cc1. The summed E-state index contributed by atoms with van der Waals surface area (Å²) in [5.41, 5.74) is 3.59. The molecule has 0 heterocycles. The van der Waals surface area contributed by atoms with Crippen LogP contribution >= 0.6 is 15.9 Å². The molecule has 0 aliphatic rings. The highest BCUT2D eigenvalue weighted by Crippen LogP contribution is 2.19. The van der Waals surface area contributed by atoms with Gasteiger partial charge < -0.3 is 14.8 Å². The summed E-state index contributed by atoms with van der Waals surface area (Å²) in [5.74, 6) is 0.858. The molecule has 0 unspecified atom stereocenters. The van der Waals surface area contributed by atoms with Gasteiger partial charge in [0, 0.05) is 23.8 Å². The van der Waals surface area contributed by atoms with Gasteiger partial charge in [-0.1, -0.05) is 28.1 Å². The standard InChI is InChI=1S/C17H20BrNO2/c1-13-11-14(3-8-17(13)18)12-19-15-4-6-16(7-5-15)21-10-9-20-2/h3-8,11,19H,9-10,12H2,1-2H3. The fourth-order valence-corrected chi connectivity index (χ4v) is 2.18. The molecule has 0 bridgehead atoms. The number of hydrogen-bond donors (Lipinski definition) is 1. The van der Waals surface area contributed by atoms with Crippen molar-refractivity contribution in [2.45, 2.75) is 13.5 Å². The van der Waals surface area contributed by atoms with E-state index in [-0.39, 0.29) is 0 Å². The van der Waals surface area contributed by atoms with Crippen LogP contribution in [0.1, 0.15) is 11.1 Å². The van der Waals surface area contributed by atoms with Crippen LogP contribution < -0.4 is 10.1 Å². The van der Waals surface area contributed by atoms with Gasteiger partial charge in [-0.25, -0.2) is 0 Å². The van der Waals surface area contributed by atoms with Crippen molar-refractivity contribution in [3.63, 3.8) is 0 Å². The average Bonchev–Trinajstić information content (AvgIpc) is 2.50. The molecule has 4 heteroatoms. The van der Waals surface area contributed by atoms with Gasteiger partial charge in [-0.3, -0.25) is 0 Å². The minimum absolute atomic E-state index is 0.571. The minimum Gasteiger partial charge on any atom is -0.491 e. The van der Waals surface area contributed by atoms with Gasteiger partial charge >= 0.3 is 0 Å². The molecule has 2 aromatic rings. The molecule has 0 radical (unpaired) electrons. The Kier molecular flexibility index (Phi) is 6.08. The van der Waals surface area contributed by atoms with E-state index in [1.807, 2.05) is 24.3 Å². The molecule has 0 fully saturated rings. The van der Waals surface area contributed by atoms with Crippen LogP contribution in [0.25, 0.3) is 0 Å². The molecular formula is C17H20BrNO2. The molecule has 0 spiro atoms. The van der Waals surface area contributed by atoms with E-state index in [1.165, 1.54) is 11.1 Å². The number of rotatable bonds is 7. The van der Waals surface area contributed by atoms with Gasteiger partial charge in [-0.05, 0) is 48.4 Å². The summed E-state index contributed by atoms with van der Waals surface area (Å²) in [7, 11) is 1.67. The first kappa shape index (κ1) is 15.9. The van der Waals surface area contributed by atoms with Crippen LogP contribution in [0.15, 0.2) is 46.9 Å². The third kappa shape index (κ3) is 5.06. The Labute approximate surface area is 134 Å². The largest absolute Gasteiger partial charge is 0.491 e. The lowest BCUT2D eigenvalue weighted by molar-refractivity contribution is 0.146. The maximum atomic E-state index is 5.54. The molecule has 0 saturated carbocycles. The molecule has 0 aromatic heterocycles. The Hall–Kier alpha value is -1.52. The van der Waals surface area contributed by atoms with Gasteiger partial charge in [0.2, 0.25) is 0 Å². The zero-order valence-electron chi connectivity index (χ0n) is 12.4. The quantitative estimate of drug-likeness (QED) is 0.751. The van der Waals surface area contributed by atoms with Crippen LogP contribution in [0.4, 0.5) is 5.69 Å². The number of hydrogen-bond acceptors (Lipinski definition) is 3. The van der Waals surface area contributed by atoms with Crippen molar-refractivity contribution in [2.24, 2.45) is 0 Å². The number of methoxy groups -OCH3 is 1. The van der Waals surface area contributed by atoms with Gasteiger partial charge in [0.05, 0.1) is 6.61 Å². The van der Waals surface area contributed by atoms with Crippen molar-refractivity contribution >= 4 is 21.6 Å². The molecule has 112 valence electrons. The van der Waals surface area contributed by atoms with Crippen LogP contribution in [-0.2, 0) is 11.3 Å². The van der Waals surface area contributed by atoms with Gasteiger partial charge in [0.1, 0.15) is 12.4 Å². The molecule has 1 N–H and O–H groups in total. The summed E-state index contributed by atoms with van der Waals surface area (Å²) in [5, 5.41) is 3.41. The van der Waals surface area contributed by atoms with Gasteiger partial charge in [0.15, 0.2) is 0 Å². The van der Waals surface area contributed by atoms with Crippen molar-refractivity contribution in [2.75, 3.05) is 25.6 Å². The summed E-state index contributed by atoms with van der Waals surface area (Å²) in [6, 6.07) is 14.3. The fourth-order valence-electron chi connectivity index (χ4n) is 1.93. The molecule has 0 atom stereocenters. The maximum absolute atomic E-state index is 5.54. The Balaban J connectivity index is 1.86. The number of anilines is 1. The number of halogens is 1. The van der Waals surface area contributed by atoms with Gasteiger partial charge in [-0.2, -0.15) is 0 Å². The predicted octanol–water partition coefficient (Wildman–Crippen LogP) is 4.39. The summed E-state index contributed by atoms with van der Waals surface area (Å²) < 4.78 is 11.6. The Morgan fingerprint density at radius 1 is 1.05 bits per heavy atom. The molecule has 0 aliphatic carbocycles. The minimum atomic E-state index is 0.571. The van der Waals surface area contributed by atoms with E-state index in [2.05, 4.69) is 46.4 Å². The van der Waals surface area contributed by atoms with Crippen LogP contribution in [0.2, 0.25) is 0 Å². The second-order valence-corrected chi connectivity index (χ2v) is 5.66. The number of benzene rings is 2. The second-order valence-electron chi connectivity index (χ2n) is 4.80. The first-order valence-corrected chi connectivity index (χ1v) is 7.69. The van der Waals surface area contributed by atoms with Crippen molar-refractivity contribution in [1.82, 2.24) is 0 Å². The van der Waals surface area contributed by atoms with Crippen LogP contribution in [0, 0.1) is 6.92 Å². The molecule has 0 saturated heterocycles. The summed E-state index contributed by atoms with van der Waals surface area (Å²) in [6.45, 7) is 4.07. The van der Waals surface area contributed by atoms with Crippen LogP contribution in [-0.4, -0.2) is 20.3 Å². The maximum Gasteiger partial charge on any atom is 0.119 e. The third-order valence-electron chi connectivity index (χ3n) is 3.13. The molecular weight excluding hydrogens is 330 g/mol. The number of aryl methyl sites for hydroxylation is 1. The lowest BCUT2D eigenvalue weighted by atomic mass is 10.1. The Bertz CT molecular complexity index is 570. The van der Waals surface area contributed by atoms with Crippen molar-refractivity contribution in [1.29, 1.82) is 0 Å². The van der Waals surface area contributed by atoms with Crippen LogP contribution in [0.5, 0.6) is 5.75 Å². The zero-order chi connectivity index (χ0) is 15.1. The zero-order valence-corrected chi connectivity index (χ0v) is 13.9. The molecule has 2 aromatic carbocycles. The van der Waals surface area contributed by atoms with E-state index < -0.39 is 0 Å². The topological polar surface area (TPSA) is 30.5 Å². The van der Waals surface area contributed by atoms with E-state index in [1.54, 1.807) is 7.11 Å². The first-order chi connectivity index (χ1) is 10.2. The van der Waals surface area contributed by atoms with E-state index in [0.717, 1.165) is 22.5 Å². The van der Waals surface area contributed by atoms with E-state index in [0.29, 0.717) is 13.2 Å². The number of ether oxygens (including phenoxy) is 2. The van der Waals surface area contributed by atoms with Crippen LogP contribution in [0.3, 0.4) is 0 Å². The molecule has 3 nitrogen and oxygen atoms in total. The highest BCUT2D eigenvalue weighted by molar-refractivity contribution is 9.10. The van der Waals surface area contributed by atoms with E-state index >= 15 is 0 Å². The van der Waals surface area contributed by atoms with Crippen molar-refractivity contribution in [3.05, 3.63) is 58.1 Å². The lowest BCUT2D eigenvalue weighted by Crippen LogP contribution is -2.04. The second kappa shape index (κ2) is 8.05. The predicted molar refractivity (Wildman–Crippen MR) is 90.0 cm³/mol. The first-order valence-electron chi connectivity index (χ1n) is 6.90.